The maximum atomic E-state index is 5.62. The lowest BCUT2D eigenvalue weighted by Gasteiger charge is -2.12. The minimum absolute atomic E-state index is 0.215. The van der Waals surface area contributed by atoms with E-state index in [9.17, 15) is 0 Å². The van der Waals surface area contributed by atoms with Crippen molar-refractivity contribution in [1.82, 2.24) is 4.98 Å². The molecule has 1 rings (SSSR count). The highest BCUT2D eigenvalue weighted by Crippen LogP contribution is 2.17. The fourth-order valence-corrected chi connectivity index (χ4v) is 1.37. The van der Waals surface area contributed by atoms with Gasteiger partial charge in [-0.05, 0) is 39.3 Å². The molecule has 0 aliphatic carbocycles. The van der Waals surface area contributed by atoms with Gasteiger partial charge in [-0.1, -0.05) is 13.3 Å². The summed E-state index contributed by atoms with van der Waals surface area (Å²) >= 11 is 0. The maximum Gasteiger partial charge on any atom is 0.140 e. The van der Waals surface area contributed by atoms with Crippen LogP contribution in [0.2, 0.25) is 0 Å². The first kappa shape index (κ1) is 11.0. The van der Waals surface area contributed by atoms with Gasteiger partial charge in [-0.25, -0.2) is 0 Å². The Bertz CT molecular complexity index is 294. The molecular formula is C12H19NO. The lowest BCUT2D eigenvalue weighted by molar-refractivity contribution is 0.239. The van der Waals surface area contributed by atoms with Crippen molar-refractivity contribution < 1.29 is 4.74 Å². The lowest BCUT2D eigenvalue weighted by Crippen LogP contribution is -2.07. The molecule has 0 spiro atoms. The van der Waals surface area contributed by atoms with Crippen LogP contribution in [0.3, 0.4) is 0 Å². The van der Waals surface area contributed by atoms with Gasteiger partial charge >= 0.3 is 0 Å². The summed E-state index contributed by atoms with van der Waals surface area (Å²) in [4.78, 5) is 4.49. The van der Waals surface area contributed by atoms with E-state index in [4.69, 9.17) is 4.74 Å². The zero-order valence-corrected chi connectivity index (χ0v) is 9.50. The Labute approximate surface area is 86.3 Å². The molecule has 0 amide bonds. The van der Waals surface area contributed by atoms with Crippen LogP contribution in [0.15, 0.2) is 12.1 Å². The number of pyridine rings is 1. The average molecular weight is 193 g/mol. The molecule has 0 aromatic carbocycles. The monoisotopic (exact) mass is 193 g/mol. The first-order valence-corrected chi connectivity index (χ1v) is 5.26. The first-order chi connectivity index (χ1) is 6.63. The predicted molar refractivity (Wildman–Crippen MR) is 58.7 cm³/mol. The second-order valence-corrected chi connectivity index (χ2v) is 3.80. The smallest absolute Gasteiger partial charge is 0.140 e. The number of aryl methyl sites for hydroxylation is 2. The van der Waals surface area contributed by atoms with Crippen molar-refractivity contribution in [2.75, 3.05) is 0 Å². The molecule has 0 unspecified atom stereocenters. The molecule has 2 heteroatoms. The number of ether oxygens (including phenoxy) is 1. The Hall–Kier alpha value is -1.05. The van der Waals surface area contributed by atoms with E-state index in [0.717, 1.165) is 30.0 Å². The van der Waals surface area contributed by atoms with E-state index in [-0.39, 0.29) is 6.10 Å². The third-order valence-electron chi connectivity index (χ3n) is 1.96. The number of aromatic nitrogens is 1. The highest BCUT2D eigenvalue weighted by atomic mass is 16.5. The van der Waals surface area contributed by atoms with Gasteiger partial charge < -0.3 is 4.74 Å². The van der Waals surface area contributed by atoms with Gasteiger partial charge in [0, 0.05) is 5.69 Å². The standard InChI is InChI=1S/C12H19NO/c1-5-6-11-7-8-12(10(4)13-11)14-9(2)3/h7-9H,5-6H2,1-4H3. The summed E-state index contributed by atoms with van der Waals surface area (Å²) in [7, 11) is 0. The Morgan fingerprint density at radius 3 is 2.57 bits per heavy atom. The van der Waals surface area contributed by atoms with Gasteiger partial charge in [0.2, 0.25) is 0 Å². The van der Waals surface area contributed by atoms with E-state index in [1.54, 1.807) is 0 Å². The number of hydrogen-bond acceptors (Lipinski definition) is 2. The highest BCUT2D eigenvalue weighted by molar-refractivity contribution is 5.28. The van der Waals surface area contributed by atoms with Crippen molar-refractivity contribution in [1.29, 1.82) is 0 Å². The van der Waals surface area contributed by atoms with Crippen molar-refractivity contribution in [3.63, 3.8) is 0 Å². The van der Waals surface area contributed by atoms with Crippen molar-refractivity contribution in [3.05, 3.63) is 23.5 Å². The number of nitrogens with zero attached hydrogens (tertiary/aromatic N) is 1. The van der Waals surface area contributed by atoms with Gasteiger partial charge in [0.25, 0.3) is 0 Å². The molecule has 0 fully saturated rings. The second kappa shape index (κ2) is 4.99. The molecule has 0 N–H and O–H groups in total. The predicted octanol–water partition coefficient (Wildman–Crippen LogP) is 3.13. The van der Waals surface area contributed by atoms with Crippen molar-refractivity contribution in [3.8, 4) is 5.75 Å². The molecule has 0 radical (unpaired) electrons. The summed E-state index contributed by atoms with van der Waals surface area (Å²) in [5.74, 6) is 0.903. The minimum atomic E-state index is 0.215. The number of hydrogen-bond donors (Lipinski definition) is 0. The summed E-state index contributed by atoms with van der Waals surface area (Å²) in [6.07, 6.45) is 2.40. The van der Waals surface area contributed by atoms with Gasteiger partial charge in [-0.15, -0.1) is 0 Å². The molecule has 0 bridgehead atoms. The zero-order chi connectivity index (χ0) is 10.6. The van der Waals surface area contributed by atoms with E-state index in [1.807, 2.05) is 32.9 Å². The van der Waals surface area contributed by atoms with Crippen LogP contribution < -0.4 is 4.74 Å². The van der Waals surface area contributed by atoms with Gasteiger partial charge in [-0.2, -0.15) is 0 Å². The molecule has 0 aliphatic heterocycles. The summed E-state index contributed by atoms with van der Waals surface area (Å²) in [5, 5.41) is 0. The van der Waals surface area contributed by atoms with Crippen LogP contribution in [-0.4, -0.2) is 11.1 Å². The van der Waals surface area contributed by atoms with Gasteiger partial charge in [-0.3, -0.25) is 4.98 Å². The normalized spacial score (nSPS) is 10.6. The van der Waals surface area contributed by atoms with Gasteiger partial charge in [0.15, 0.2) is 0 Å². The zero-order valence-electron chi connectivity index (χ0n) is 9.50. The van der Waals surface area contributed by atoms with Crippen LogP contribution in [0.4, 0.5) is 0 Å². The average Bonchev–Trinajstić information content (AvgIpc) is 2.10. The molecule has 14 heavy (non-hydrogen) atoms. The van der Waals surface area contributed by atoms with E-state index in [1.165, 1.54) is 0 Å². The molecule has 1 heterocycles. The quantitative estimate of drug-likeness (QED) is 0.733. The molecule has 0 aliphatic rings. The molecule has 1 aromatic heterocycles. The maximum absolute atomic E-state index is 5.62. The molecular weight excluding hydrogens is 174 g/mol. The van der Waals surface area contributed by atoms with E-state index < -0.39 is 0 Å². The Kier molecular flexibility index (Phi) is 3.93. The third kappa shape index (κ3) is 3.02. The van der Waals surface area contributed by atoms with Gasteiger partial charge in [0.1, 0.15) is 5.75 Å². The summed E-state index contributed by atoms with van der Waals surface area (Å²) in [5.41, 5.74) is 2.14. The molecule has 2 nitrogen and oxygen atoms in total. The largest absolute Gasteiger partial charge is 0.489 e. The van der Waals surface area contributed by atoms with Crippen LogP contribution in [0, 0.1) is 6.92 Å². The van der Waals surface area contributed by atoms with E-state index in [0.29, 0.717) is 0 Å². The summed E-state index contributed by atoms with van der Waals surface area (Å²) in [6, 6.07) is 4.07. The third-order valence-corrected chi connectivity index (χ3v) is 1.96. The van der Waals surface area contributed by atoms with Gasteiger partial charge in [0.05, 0.1) is 11.8 Å². The minimum Gasteiger partial charge on any atom is -0.489 e. The Balaban J connectivity index is 2.79. The van der Waals surface area contributed by atoms with Crippen LogP contribution in [0.5, 0.6) is 5.75 Å². The summed E-state index contributed by atoms with van der Waals surface area (Å²) < 4.78 is 5.62. The van der Waals surface area contributed by atoms with E-state index >= 15 is 0 Å². The molecule has 0 saturated heterocycles. The Morgan fingerprint density at radius 1 is 1.36 bits per heavy atom. The SMILES string of the molecule is CCCc1ccc(OC(C)C)c(C)n1. The highest BCUT2D eigenvalue weighted by Gasteiger charge is 2.03. The topological polar surface area (TPSA) is 22.1 Å². The second-order valence-electron chi connectivity index (χ2n) is 3.80. The lowest BCUT2D eigenvalue weighted by atomic mass is 10.2. The molecule has 78 valence electrons. The molecule has 0 atom stereocenters. The molecule has 1 aromatic rings. The summed E-state index contributed by atoms with van der Waals surface area (Å²) in [6.45, 7) is 8.21. The van der Waals surface area contributed by atoms with Crippen LogP contribution in [0.1, 0.15) is 38.6 Å². The van der Waals surface area contributed by atoms with Crippen molar-refractivity contribution >= 4 is 0 Å². The van der Waals surface area contributed by atoms with E-state index in [2.05, 4.69) is 11.9 Å². The van der Waals surface area contributed by atoms with Crippen LogP contribution in [0.25, 0.3) is 0 Å². The Morgan fingerprint density at radius 2 is 2.07 bits per heavy atom. The fraction of sp³-hybridized carbons (Fsp3) is 0.583. The van der Waals surface area contributed by atoms with Crippen LogP contribution >= 0.6 is 0 Å². The fourth-order valence-electron chi connectivity index (χ4n) is 1.37. The first-order valence-electron chi connectivity index (χ1n) is 5.26. The molecule has 0 saturated carbocycles. The van der Waals surface area contributed by atoms with Crippen molar-refractivity contribution in [2.45, 2.75) is 46.6 Å². The number of rotatable bonds is 4. The van der Waals surface area contributed by atoms with Crippen molar-refractivity contribution in [2.24, 2.45) is 0 Å². The van der Waals surface area contributed by atoms with Crippen LogP contribution in [-0.2, 0) is 6.42 Å².